The van der Waals surface area contributed by atoms with Gasteiger partial charge in [0.25, 0.3) is 0 Å². The van der Waals surface area contributed by atoms with Crippen LogP contribution in [0.15, 0.2) is 22.7 Å². The van der Waals surface area contributed by atoms with Gasteiger partial charge in [0.05, 0.1) is 4.47 Å². The Kier molecular flexibility index (Phi) is 3.80. The van der Waals surface area contributed by atoms with E-state index < -0.39 is 0 Å². The van der Waals surface area contributed by atoms with Crippen LogP contribution < -0.4 is 10.2 Å². The zero-order chi connectivity index (χ0) is 14.3. The van der Waals surface area contributed by atoms with Crippen molar-refractivity contribution in [2.75, 3.05) is 18.0 Å². The van der Waals surface area contributed by atoms with Gasteiger partial charge in [-0.1, -0.05) is 6.92 Å². The number of halogens is 2. The average molecular weight is 341 g/mol. The van der Waals surface area contributed by atoms with E-state index in [2.05, 4.69) is 40.0 Å². The summed E-state index contributed by atoms with van der Waals surface area (Å²) in [5.74, 6) is 0.605. The van der Waals surface area contributed by atoms with Crippen molar-refractivity contribution in [3.05, 3.63) is 28.5 Å². The lowest BCUT2D eigenvalue weighted by atomic mass is 9.90. The Morgan fingerprint density at radius 1 is 1.45 bits per heavy atom. The summed E-state index contributed by atoms with van der Waals surface area (Å²) in [5, 5.41) is 3.76. The third-order valence-electron chi connectivity index (χ3n) is 4.87. The minimum Gasteiger partial charge on any atom is -0.365 e. The Labute approximate surface area is 128 Å². The van der Waals surface area contributed by atoms with Crippen molar-refractivity contribution in [1.29, 1.82) is 0 Å². The smallest absolute Gasteiger partial charge is 0.137 e. The Hall–Kier alpha value is -0.610. The van der Waals surface area contributed by atoms with E-state index in [1.807, 2.05) is 12.1 Å². The largest absolute Gasteiger partial charge is 0.365 e. The highest BCUT2D eigenvalue weighted by Gasteiger charge is 2.45. The Balaban J connectivity index is 1.88. The van der Waals surface area contributed by atoms with Crippen molar-refractivity contribution in [1.82, 2.24) is 5.32 Å². The second-order valence-corrected chi connectivity index (χ2v) is 7.22. The maximum Gasteiger partial charge on any atom is 0.137 e. The van der Waals surface area contributed by atoms with E-state index in [0.29, 0.717) is 10.5 Å². The predicted molar refractivity (Wildman–Crippen MR) is 84.7 cm³/mol. The first-order chi connectivity index (χ1) is 9.53. The molecule has 1 saturated carbocycles. The molecule has 20 heavy (non-hydrogen) atoms. The lowest BCUT2D eigenvalue weighted by Gasteiger charge is -2.48. The molecule has 0 bridgehead atoms. The van der Waals surface area contributed by atoms with E-state index in [1.54, 1.807) is 6.07 Å². The zero-order valence-corrected chi connectivity index (χ0v) is 13.7. The molecule has 110 valence electrons. The van der Waals surface area contributed by atoms with Crippen molar-refractivity contribution in [2.24, 2.45) is 5.92 Å². The normalized spacial score (nSPS) is 30.6. The van der Waals surface area contributed by atoms with Crippen LogP contribution in [0.5, 0.6) is 0 Å². The standard InChI is InChI=1S/C16H22BrFN2/c1-3-12-9-19-16(2,11-4-5-11)10-20(12)13-6-7-15(18)14(17)8-13/h6-8,11-12,19H,3-5,9-10H2,1-2H3. The van der Waals surface area contributed by atoms with Gasteiger partial charge in [0.1, 0.15) is 5.82 Å². The second-order valence-electron chi connectivity index (χ2n) is 6.36. The minimum absolute atomic E-state index is 0.193. The van der Waals surface area contributed by atoms with Crippen LogP contribution in [-0.2, 0) is 0 Å². The molecule has 1 saturated heterocycles. The SMILES string of the molecule is CCC1CNC(C)(C2CC2)CN1c1ccc(F)c(Br)c1. The number of hydrogen-bond donors (Lipinski definition) is 1. The molecule has 2 fully saturated rings. The number of nitrogens with one attached hydrogen (secondary N) is 1. The van der Waals surface area contributed by atoms with Crippen LogP contribution in [-0.4, -0.2) is 24.7 Å². The van der Waals surface area contributed by atoms with Crippen LogP contribution in [0.25, 0.3) is 0 Å². The lowest BCUT2D eigenvalue weighted by Crippen LogP contribution is -2.64. The van der Waals surface area contributed by atoms with Crippen molar-refractivity contribution in [3.63, 3.8) is 0 Å². The van der Waals surface area contributed by atoms with Crippen LogP contribution in [0.4, 0.5) is 10.1 Å². The molecule has 1 aliphatic heterocycles. The molecule has 2 atom stereocenters. The van der Waals surface area contributed by atoms with Crippen LogP contribution in [0, 0.1) is 11.7 Å². The topological polar surface area (TPSA) is 15.3 Å². The number of benzene rings is 1. The maximum absolute atomic E-state index is 13.5. The highest BCUT2D eigenvalue weighted by molar-refractivity contribution is 9.10. The van der Waals surface area contributed by atoms with Crippen LogP contribution in [0.3, 0.4) is 0 Å². The molecule has 2 nitrogen and oxygen atoms in total. The molecule has 1 aliphatic carbocycles. The van der Waals surface area contributed by atoms with E-state index in [4.69, 9.17) is 0 Å². The van der Waals surface area contributed by atoms with Gasteiger partial charge in [-0.3, -0.25) is 0 Å². The summed E-state index contributed by atoms with van der Waals surface area (Å²) in [6.45, 7) is 6.58. The summed E-state index contributed by atoms with van der Waals surface area (Å²) in [6.07, 6.45) is 3.77. The molecule has 0 radical (unpaired) electrons. The molecular formula is C16H22BrFN2. The number of nitrogens with zero attached hydrogens (tertiary/aromatic N) is 1. The van der Waals surface area contributed by atoms with Crippen LogP contribution in [0.1, 0.15) is 33.1 Å². The summed E-state index contributed by atoms with van der Waals surface area (Å²) in [6, 6.07) is 5.86. The molecular weight excluding hydrogens is 319 g/mol. The average Bonchev–Trinajstić information content (AvgIpc) is 3.27. The Morgan fingerprint density at radius 2 is 2.20 bits per heavy atom. The molecule has 4 heteroatoms. The molecule has 0 aromatic heterocycles. The molecule has 0 amide bonds. The molecule has 1 heterocycles. The molecule has 2 aliphatic rings. The number of rotatable bonds is 3. The fourth-order valence-corrected chi connectivity index (χ4v) is 3.69. The summed E-state index contributed by atoms with van der Waals surface area (Å²) in [7, 11) is 0. The van der Waals surface area contributed by atoms with Gasteiger partial charge >= 0.3 is 0 Å². The van der Waals surface area contributed by atoms with Gasteiger partial charge in [-0.05, 0) is 66.2 Å². The third-order valence-corrected chi connectivity index (χ3v) is 5.47. The van der Waals surface area contributed by atoms with Crippen molar-refractivity contribution in [3.8, 4) is 0 Å². The monoisotopic (exact) mass is 340 g/mol. The molecule has 3 rings (SSSR count). The highest BCUT2D eigenvalue weighted by Crippen LogP contribution is 2.42. The van der Waals surface area contributed by atoms with Crippen LogP contribution in [0.2, 0.25) is 0 Å². The first-order valence-corrected chi connectivity index (χ1v) is 8.29. The number of hydrogen-bond acceptors (Lipinski definition) is 2. The fourth-order valence-electron chi connectivity index (χ4n) is 3.32. The summed E-state index contributed by atoms with van der Waals surface area (Å²) in [5.41, 5.74) is 1.32. The van der Waals surface area contributed by atoms with E-state index in [0.717, 1.165) is 31.1 Å². The van der Waals surface area contributed by atoms with Gasteiger partial charge in [0, 0.05) is 30.4 Å². The van der Waals surface area contributed by atoms with Gasteiger partial charge in [-0.2, -0.15) is 0 Å². The quantitative estimate of drug-likeness (QED) is 0.896. The van der Waals surface area contributed by atoms with E-state index >= 15 is 0 Å². The van der Waals surface area contributed by atoms with Gasteiger partial charge in [-0.25, -0.2) is 4.39 Å². The molecule has 1 aromatic carbocycles. The van der Waals surface area contributed by atoms with E-state index in [9.17, 15) is 4.39 Å². The number of piperazine rings is 1. The lowest BCUT2D eigenvalue weighted by molar-refractivity contribution is 0.252. The van der Waals surface area contributed by atoms with E-state index in [1.165, 1.54) is 12.8 Å². The van der Waals surface area contributed by atoms with Gasteiger partial charge in [-0.15, -0.1) is 0 Å². The summed E-state index contributed by atoms with van der Waals surface area (Å²) >= 11 is 3.31. The van der Waals surface area contributed by atoms with Crippen LogP contribution >= 0.6 is 15.9 Å². The maximum atomic E-state index is 13.5. The Bertz CT molecular complexity index is 503. The zero-order valence-electron chi connectivity index (χ0n) is 12.1. The fraction of sp³-hybridized carbons (Fsp3) is 0.625. The summed E-state index contributed by atoms with van der Waals surface area (Å²) in [4.78, 5) is 2.46. The number of anilines is 1. The summed E-state index contributed by atoms with van der Waals surface area (Å²) < 4.78 is 14.0. The third kappa shape index (κ3) is 2.60. The molecule has 2 unspecified atom stereocenters. The predicted octanol–water partition coefficient (Wildman–Crippen LogP) is 3.95. The second kappa shape index (κ2) is 5.30. The Morgan fingerprint density at radius 3 is 2.80 bits per heavy atom. The van der Waals surface area contributed by atoms with Crippen molar-refractivity contribution < 1.29 is 4.39 Å². The first-order valence-electron chi connectivity index (χ1n) is 7.50. The van der Waals surface area contributed by atoms with Crippen molar-refractivity contribution >= 4 is 21.6 Å². The highest BCUT2D eigenvalue weighted by atomic mass is 79.9. The minimum atomic E-state index is -0.193. The van der Waals surface area contributed by atoms with E-state index in [-0.39, 0.29) is 11.4 Å². The van der Waals surface area contributed by atoms with Gasteiger partial charge in [0.2, 0.25) is 0 Å². The molecule has 1 aromatic rings. The molecule has 1 N–H and O–H groups in total. The first kappa shape index (κ1) is 14.3. The van der Waals surface area contributed by atoms with Crippen molar-refractivity contribution in [2.45, 2.75) is 44.7 Å². The van der Waals surface area contributed by atoms with Gasteiger partial charge in [0.15, 0.2) is 0 Å². The van der Waals surface area contributed by atoms with Gasteiger partial charge < -0.3 is 10.2 Å². The molecule has 0 spiro atoms.